The van der Waals surface area contributed by atoms with Gasteiger partial charge >= 0.3 is 5.97 Å². The Morgan fingerprint density at radius 1 is 1.32 bits per heavy atom. The number of aromatic amines is 1. The van der Waals surface area contributed by atoms with Gasteiger partial charge in [-0.2, -0.15) is 0 Å². The largest absolute Gasteiger partial charge is 0.430 e. The highest BCUT2D eigenvalue weighted by molar-refractivity contribution is 8.17. The van der Waals surface area contributed by atoms with Crippen molar-refractivity contribution in [2.75, 3.05) is 12.5 Å². The summed E-state index contributed by atoms with van der Waals surface area (Å²) in [6, 6.07) is 8.30. The minimum atomic E-state index is -1.56. The van der Waals surface area contributed by atoms with Crippen LogP contribution in [0.4, 0.5) is 0 Å². The van der Waals surface area contributed by atoms with Gasteiger partial charge in [0.05, 0.1) is 5.69 Å². The number of carbonyl (C=O) groups is 1. The predicted octanol–water partition coefficient (Wildman–Crippen LogP) is 5.61. The highest BCUT2D eigenvalue weighted by Crippen LogP contribution is 2.61. The van der Waals surface area contributed by atoms with Crippen LogP contribution in [0.5, 0.6) is 0 Å². The first kappa shape index (κ1) is 21.6. The van der Waals surface area contributed by atoms with Crippen LogP contribution < -0.4 is 0 Å². The molecule has 4 nitrogen and oxygen atoms in total. The number of thioether (sulfide) groups is 2. The second kappa shape index (κ2) is 8.33. The van der Waals surface area contributed by atoms with Crippen LogP contribution in [-0.4, -0.2) is 34.4 Å². The number of rotatable bonds is 7. The molecule has 154 valence electrons. The number of fused-ring (bicyclic) bond motifs is 3. The van der Waals surface area contributed by atoms with Gasteiger partial charge in [-0.05, 0) is 42.4 Å². The number of hydrogen-bond acceptors (Lipinski definition) is 5. The van der Waals surface area contributed by atoms with Gasteiger partial charge in [0.2, 0.25) is 5.79 Å². The summed E-state index contributed by atoms with van der Waals surface area (Å²) in [5, 5.41) is 13.0. The number of esters is 1. The average Bonchev–Trinajstić information content (AvgIpc) is 3.01. The van der Waals surface area contributed by atoms with Crippen molar-refractivity contribution in [3.05, 3.63) is 35.5 Å². The maximum Gasteiger partial charge on any atom is 0.308 e. The molecule has 0 bridgehead atoms. The van der Waals surface area contributed by atoms with Crippen molar-refractivity contribution in [1.82, 2.24) is 4.98 Å². The van der Waals surface area contributed by atoms with E-state index < -0.39 is 9.87 Å². The standard InChI is InChI=1S/C22H31NO3S2/c1-6-9-15-13-21(25,26-18(24)12-14(2)3)22(27-4,28-5)20-19(15)16-10-7-8-11-17(16)23-20/h7-8,10-11,14-15,23,25H,6,9,12-13H2,1-5H3. The highest BCUT2D eigenvalue weighted by atomic mass is 32.2. The summed E-state index contributed by atoms with van der Waals surface area (Å²) in [4.78, 5) is 16.2. The summed E-state index contributed by atoms with van der Waals surface area (Å²) >= 11 is 3.09. The van der Waals surface area contributed by atoms with Crippen LogP contribution >= 0.6 is 23.5 Å². The summed E-state index contributed by atoms with van der Waals surface area (Å²) in [7, 11) is 0. The smallest absolute Gasteiger partial charge is 0.308 e. The Balaban J connectivity index is 2.18. The number of carbonyl (C=O) groups excluding carboxylic acids is 1. The van der Waals surface area contributed by atoms with E-state index in [1.54, 1.807) is 23.5 Å². The van der Waals surface area contributed by atoms with Crippen molar-refractivity contribution in [3.8, 4) is 0 Å². The molecular formula is C22H31NO3S2. The lowest BCUT2D eigenvalue weighted by Gasteiger charge is -2.49. The first-order chi connectivity index (χ1) is 13.3. The van der Waals surface area contributed by atoms with E-state index in [4.69, 9.17) is 4.74 Å². The molecule has 0 radical (unpaired) electrons. The lowest BCUT2D eigenvalue weighted by molar-refractivity contribution is -0.222. The molecule has 1 heterocycles. The topological polar surface area (TPSA) is 62.3 Å². The predicted molar refractivity (Wildman–Crippen MR) is 120 cm³/mol. The molecule has 0 amide bonds. The monoisotopic (exact) mass is 421 g/mol. The van der Waals surface area contributed by atoms with Gasteiger partial charge in [-0.15, -0.1) is 23.5 Å². The number of aromatic nitrogens is 1. The Morgan fingerprint density at radius 3 is 2.61 bits per heavy atom. The minimum Gasteiger partial charge on any atom is -0.430 e. The number of H-pyrrole nitrogens is 1. The Bertz CT molecular complexity index is 843. The average molecular weight is 422 g/mol. The van der Waals surface area contributed by atoms with Crippen LogP contribution in [0.25, 0.3) is 10.9 Å². The molecule has 1 aromatic carbocycles. The van der Waals surface area contributed by atoms with Crippen LogP contribution in [0.1, 0.15) is 63.6 Å². The number of para-hydroxylation sites is 1. The van der Waals surface area contributed by atoms with Crippen LogP contribution in [0.2, 0.25) is 0 Å². The van der Waals surface area contributed by atoms with E-state index in [1.165, 1.54) is 10.9 Å². The van der Waals surface area contributed by atoms with E-state index in [9.17, 15) is 9.90 Å². The van der Waals surface area contributed by atoms with E-state index in [0.29, 0.717) is 12.8 Å². The fourth-order valence-corrected chi connectivity index (χ4v) is 6.77. The maximum absolute atomic E-state index is 12.6. The summed E-state index contributed by atoms with van der Waals surface area (Å²) < 4.78 is 5.08. The van der Waals surface area contributed by atoms with Crippen molar-refractivity contribution in [1.29, 1.82) is 0 Å². The van der Waals surface area contributed by atoms with E-state index >= 15 is 0 Å². The highest BCUT2D eigenvalue weighted by Gasteiger charge is 2.60. The van der Waals surface area contributed by atoms with Crippen molar-refractivity contribution in [2.45, 2.75) is 62.2 Å². The van der Waals surface area contributed by atoms with Gasteiger partial charge < -0.3 is 14.8 Å². The van der Waals surface area contributed by atoms with Crippen molar-refractivity contribution in [2.24, 2.45) is 5.92 Å². The van der Waals surface area contributed by atoms with Gasteiger partial charge in [0.25, 0.3) is 0 Å². The zero-order valence-corrected chi connectivity index (χ0v) is 19.0. The Morgan fingerprint density at radius 2 is 2.00 bits per heavy atom. The molecule has 0 aliphatic heterocycles. The number of ether oxygens (including phenoxy) is 1. The first-order valence-electron chi connectivity index (χ1n) is 9.97. The second-order valence-corrected chi connectivity index (χ2v) is 10.3. The summed E-state index contributed by atoms with van der Waals surface area (Å²) in [5.74, 6) is -1.57. The number of hydrogen-bond donors (Lipinski definition) is 2. The SMILES string of the molecule is CCCC1CC(O)(OC(=O)CC(C)C)C(SC)(SC)c2[nH]c3ccccc3c21. The molecule has 2 N–H and O–H groups in total. The third-order valence-electron chi connectivity index (χ3n) is 5.59. The van der Waals surface area contributed by atoms with Crippen LogP contribution in [0, 0.1) is 5.92 Å². The van der Waals surface area contributed by atoms with E-state index in [-0.39, 0.29) is 17.8 Å². The normalized spacial score (nSPS) is 23.8. The molecule has 3 rings (SSSR count). The van der Waals surface area contributed by atoms with E-state index in [0.717, 1.165) is 24.1 Å². The fraction of sp³-hybridized carbons (Fsp3) is 0.591. The Hall–Kier alpha value is -1.11. The molecule has 1 aromatic heterocycles. The molecule has 28 heavy (non-hydrogen) atoms. The summed E-state index contributed by atoms with van der Waals surface area (Å²) in [6.45, 7) is 6.12. The van der Waals surface area contributed by atoms with E-state index in [2.05, 4.69) is 30.1 Å². The van der Waals surface area contributed by atoms with Gasteiger partial charge in [0.15, 0.2) is 4.08 Å². The van der Waals surface area contributed by atoms with Gasteiger partial charge in [0, 0.05) is 23.7 Å². The van der Waals surface area contributed by atoms with Crippen molar-refractivity contribution in [3.63, 3.8) is 0 Å². The zero-order valence-electron chi connectivity index (χ0n) is 17.4. The van der Waals surface area contributed by atoms with E-state index in [1.807, 2.05) is 32.4 Å². The van der Waals surface area contributed by atoms with Crippen LogP contribution in [0.3, 0.4) is 0 Å². The van der Waals surface area contributed by atoms with Crippen LogP contribution in [-0.2, 0) is 13.6 Å². The molecule has 2 unspecified atom stereocenters. The number of benzene rings is 1. The molecule has 2 atom stereocenters. The summed E-state index contributed by atoms with van der Waals surface area (Å²) in [5.41, 5.74) is 3.32. The molecule has 2 aromatic rings. The van der Waals surface area contributed by atoms with Crippen LogP contribution in [0.15, 0.2) is 24.3 Å². The third-order valence-corrected chi connectivity index (χ3v) is 8.79. The van der Waals surface area contributed by atoms with Crippen molar-refractivity contribution >= 4 is 40.4 Å². The van der Waals surface area contributed by atoms with Gasteiger partial charge in [-0.25, -0.2) is 0 Å². The fourth-order valence-electron chi connectivity index (χ4n) is 4.49. The molecular weight excluding hydrogens is 390 g/mol. The van der Waals surface area contributed by atoms with Crippen molar-refractivity contribution < 1.29 is 14.6 Å². The number of nitrogens with one attached hydrogen (secondary N) is 1. The zero-order chi connectivity index (χ0) is 20.5. The summed E-state index contributed by atoms with van der Waals surface area (Å²) in [6.07, 6.45) is 6.63. The molecule has 6 heteroatoms. The lowest BCUT2D eigenvalue weighted by atomic mass is 9.78. The number of aliphatic hydroxyl groups is 1. The van der Waals surface area contributed by atoms with Gasteiger partial charge in [-0.1, -0.05) is 45.4 Å². The quantitative estimate of drug-likeness (QED) is 0.449. The van der Waals surface area contributed by atoms with Gasteiger partial charge in [0.1, 0.15) is 0 Å². The molecule has 0 spiro atoms. The molecule has 1 aliphatic carbocycles. The molecule has 0 fully saturated rings. The molecule has 0 saturated carbocycles. The third kappa shape index (κ3) is 3.48. The minimum absolute atomic E-state index is 0.139. The van der Waals surface area contributed by atoms with Gasteiger partial charge in [-0.3, -0.25) is 4.79 Å². The molecule has 1 aliphatic rings. The Labute approximate surface area is 176 Å². The second-order valence-electron chi connectivity index (χ2n) is 8.03. The molecule has 0 saturated heterocycles. The first-order valence-corrected chi connectivity index (χ1v) is 12.4. The Kier molecular flexibility index (Phi) is 6.42. The lowest BCUT2D eigenvalue weighted by Crippen LogP contribution is -2.54. The maximum atomic E-state index is 12.6.